The molecule has 0 spiro atoms. The second kappa shape index (κ2) is 6.90. The lowest BCUT2D eigenvalue weighted by molar-refractivity contribution is -0.159. The van der Waals surface area contributed by atoms with Crippen molar-refractivity contribution < 1.29 is 22.5 Å². The molecule has 28 heavy (non-hydrogen) atoms. The maximum atomic E-state index is 12.6. The van der Waals surface area contributed by atoms with E-state index < -0.39 is 12.1 Å². The van der Waals surface area contributed by atoms with Crippen molar-refractivity contribution in [3.8, 4) is 11.4 Å². The van der Waals surface area contributed by atoms with Crippen LogP contribution in [0.25, 0.3) is 11.4 Å². The van der Waals surface area contributed by atoms with Crippen LogP contribution in [0.5, 0.6) is 0 Å². The fraction of sp³-hybridized carbons (Fsp3) is 0.222. The van der Waals surface area contributed by atoms with Gasteiger partial charge in [0.25, 0.3) is 0 Å². The van der Waals surface area contributed by atoms with E-state index in [0.717, 1.165) is 5.56 Å². The molecule has 3 heterocycles. The number of benzene rings is 1. The molecular weight excluding hydrogens is 397 g/mol. The summed E-state index contributed by atoms with van der Waals surface area (Å²) < 4.78 is 42.0. The standard InChI is InChI=1S/C18H12ClF3N4O2/c19-12-4-2-1-3-11(12)13-6-8-15(27)26(13)14-7-5-10(9-23-14)16-24-17(28-25-16)18(20,21)22/h1-5,7,9,13H,6,8H2. The van der Waals surface area contributed by atoms with E-state index in [0.29, 0.717) is 23.7 Å². The number of carbonyl (C=O) groups is 1. The van der Waals surface area contributed by atoms with Gasteiger partial charge in [-0.15, -0.1) is 0 Å². The quantitative estimate of drug-likeness (QED) is 0.629. The van der Waals surface area contributed by atoms with Gasteiger partial charge in [-0.05, 0) is 30.2 Å². The summed E-state index contributed by atoms with van der Waals surface area (Å²) in [5.74, 6) is -1.40. The van der Waals surface area contributed by atoms with E-state index in [1.165, 1.54) is 18.3 Å². The van der Waals surface area contributed by atoms with Gasteiger partial charge < -0.3 is 4.52 Å². The van der Waals surface area contributed by atoms with Crippen molar-refractivity contribution in [2.75, 3.05) is 4.90 Å². The maximum Gasteiger partial charge on any atom is 0.471 e. The van der Waals surface area contributed by atoms with Gasteiger partial charge in [0.1, 0.15) is 5.82 Å². The van der Waals surface area contributed by atoms with Gasteiger partial charge in [0.15, 0.2) is 0 Å². The Morgan fingerprint density at radius 1 is 1.18 bits per heavy atom. The van der Waals surface area contributed by atoms with Crippen LogP contribution >= 0.6 is 11.6 Å². The lowest BCUT2D eigenvalue weighted by atomic mass is 10.0. The molecule has 2 aromatic heterocycles. The molecule has 10 heteroatoms. The number of nitrogens with zero attached hydrogens (tertiary/aromatic N) is 4. The van der Waals surface area contributed by atoms with Crippen molar-refractivity contribution in [1.29, 1.82) is 0 Å². The molecule has 1 aliphatic rings. The molecule has 0 N–H and O–H groups in total. The Hall–Kier alpha value is -2.94. The number of hydrogen-bond acceptors (Lipinski definition) is 5. The molecule has 4 rings (SSSR count). The summed E-state index contributed by atoms with van der Waals surface area (Å²) in [4.78, 5) is 21.5. The fourth-order valence-electron chi connectivity index (χ4n) is 3.13. The molecule has 1 amide bonds. The van der Waals surface area contributed by atoms with Crippen LogP contribution in [0.15, 0.2) is 47.1 Å². The normalized spacial score (nSPS) is 17.4. The van der Waals surface area contributed by atoms with E-state index in [-0.39, 0.29) is 23.3 Å². The second-order valence-electron chi connectivity index (χ2n) is 6.17. The van der Waals surface area contributed by atoms with Gasteiger partial charge in [-0.3, -0.25) is 9.69 Å². The molecule has 1 saturated heterocycles. The number of halogens is 4. The average Bonchev–Trinajstić information content (AvgIpc) is 3.29. The molecule has 1 aliphatic heterocycles. The molecule has 0 bridgehead atoms. The maximum absolute atomic E-state index is 12.6. The molecule has 3 aromatic rings. The van der Waals surface area contributed by atoms with E-state index in [1.54, 1.807) is 17.0 Å². The molecule has 144 valence electrons. The van der Waals surface area contributed by atoms with Gasteiger partial charge in [0, 0.05) is 23.2 Å². The lowest BCUT2D eigenvalue weighted by Crippen LogP contribution is -2.28. The third-order valence-electron chi connectivity index (χ3n) is 4.40. The van der Waals surface area contributed by atoms with Crippen LogP contribution in [0.1, 0.15) is 30.3 Å². The topological polar surface area (TPSA) is 72.1 Å². The van der Waals surface area contributed by atoms with Gasteiger partial charge in [0.2, 0.25) is 11.7 Å². The molecule has 0 aliphatic carbocycles. The number of aromatic nitrogens is 3. The first-order chi connectivity index (χ1) is 13.3. The molecule has 1 unspecified atom stereocenters. The van der Waals surface area contributed by atoms with Crippen LogP contribution in [0.2, 0.25) is 5.02 Å². The largest absolute Gasteiger partial charge is 0.471 e. The number of hydrogen-bond donors (Lipinski definition) is 0. The minimum atomic E-state index is -4.72. The van der Waals surface area contributed by atoms with Gasteiger partial charge in [-0.1, -0.05) is 35.0 Å². The smallest absolute Gasteiger partial charge is 0.329 e. The predicted molar refractivity (Wildman–Crippen MR) is 93.4 cm³/mol. The highest BCUT2D eigenvalue weighted by Gasteiger charge is 2.39. The van der Waals surface area contributed by atoms with E-state index in [4.69, 9.17) is 11.6 Å². The van der Waals surface area contributed by atoms with E-state index >= 15 is 0 Å². The first kappa shape index (κ1) is 18.4. The molecular formula is C18H12ClF3N4O2. The zero-order valence-corrected chi connectivity index (χ0v) is 14.9. The lowest BCUT2D eigenvalue weighted by Gasteiger charge is -2.25. The number of anilines is 1. The van der Waals surface area contributed by atoms with Crippen LogP contribution in [-0.4, -0.2) is 21.0 Å². The van der Waals surface area contributed by atoms with Crippen LogP contribution in [-0.2, 0) is 11.0 Å². The monoisotopic (exact) mass is 408 g/mol. The SMILES string of the molecule is O=C1CCC(c2ccccc2Cl)N1c1ccc(-c2noc(C(F)(F)F)n2)cn1. The van der Waals surface area contributed by atoms with Crippen molar-refractivity contribution in [3.63, 3.8) is 0 Å². The predicted octanol–water partition coefficient (Wildman–Crippen LogP) is 4.67. The zero-order chi connectivity index (χ0) is 19.9. The van der Waals surface area contributed by atoms with Crippen molar-refractivity contribution >= 4 is 23.3 Å². The number of alkyl halides is 3. The average molecular weight is 409 g/mol. The summed E-state index contributed by atoms with van der Waals surface area (Å²) in [5.41, 5.74) is 1.05. The first-order valence-electron chi connectivity index (χ1n) is 8.28. The van der Waals surface area contributed by atoms with E-state index in [9.17, 15) is 18.0 Å². The molecule has 1 aromatic carbocycles. The Morgan fingerprint density at radius 3 is 2.61 bits per heavy atom. The molecule has 0 saturated carbocycles. The minimum absolute atomic E-state index is 0.107. The first-order valence-corrected chi connectivity index (χ1v) is 8.66. The third-order valence-corrected chi connectivity index (χ3v) is 4.74. The van der Waals surface area contributed by atoms with Gasteiger partial charge in [-0.25, -0.2) is 4.98 Å². The zero-order valence-electron chi connectivity index (χ0n) is 14.2. The van der Waals surface area contributed by atoms with Crippen molar-refractivity contribution in [2.24, 2.45) is 0 Å². The van der Waals surface area contributed by atoms with E-state index in [1.807, 2.05) is 12.1 Å². The highest BCUT2D eigenvalue weighted by Crippen LogP contribution is 2.39. The fourth-order valence-corrected chi connectivity index (χ4v) is 3.39. The van der Waals surface area contributed by atoms with Crippen LogP contribution in [0.3, 0.4) is 0 Å². The number of pyridine rings is 1. The Labute approximate surface area is 161 Å². The van der Waals surface area contributed by atoms with Crippen LogP contribution in [0.4, 0.5) is 19.0 Å². The summed E-state index contributed by atoms with van der Waals surface area (Å²) >= 11 is 6.27. The highest BCUT2D eigenvalue weighted by atomic mass is 35.5. The molecule has 1 fully saturated rings. The van der Waals surface area contributed by atoms with E-state index in [2.05, 4.69) is 19.6 Å². The molecule has 1 atom stereocenters. The van der Waals surface area contributed by atoms with Crippen molar-refractivity contribution in [1.82, 2.24) is 15.1 Å². The number of amides is 1. The molecule has 0 radical (unpaired) electrons. The number of carbonyl (C=O) groups excluding carboxylic acids is 1. The van der Waals surface area contributed by atoms with Gasteiger partial charge in [0.05, 0.1) is 6.04 Å². The second-order valence-corrected chi connectivity index (χ2v) is 6.57. The summed E-state index contributed by atoms with van der Waals surface area (Å²) in [7, 11) is 0. The summed E-state index contributed by atoms with van der Waals surface area (Å²) in [5, 5.41) is 3.88. The Bertz CT molecular complexity index is 1020. The summed E-state index contributed by atoms with van der Waals surface area (Å²) in [6.07, 6.45) is -2.48. The minimum Gasteiger partial charge on any atom is -0.329 e. The Kier molecular flexibility index (Phi) is 4.54. The van der Waals surface area contributed by atoms with Gasteiger partial charge in [-0.2, -0.15) is 18.2 Å². The Morgan fingerprint density at radius 2 is 1.96 bits per heavy atom. The number of rotatable bonds is 3. The van der Waals surface area contributed by atoms with Crippen molar-refractivity contribution in [2.45, 2.75) is 25.1 Å². The summed E-state index contributed by atoms with van der Waals surface area (Å²) in [6.45, 7) is 0. The van der Waals surface area contributed by atoms with Crippen LogP contribution in [0, 0.1) is 0 Å². The van der Waals surface area contributed by atoms with Crippen molar-refractivity contribution in [3.05, 3.63) is 59.1 Å². The van der Waals surface area contributed by atoms with Gasteiger partial charge >= 0.3 is 12.1 Å². The summed E-state index contributed by atoms with van der Waals surface area (Å²) in [6, 6.07) is 10.0. The third kappa shape index (κ3) is 3.33. The highest BCUT2D eigenvalue weighted by molar-refractivity contribution is 6.31. The van der Waals surface area contributed by atoms with Crippen LogP contribution < -0.4 is 4.90 Å². The molecule has 6 nitrogen and oxygen atoms in total. The Balaban J connectivity index is 1.63.